The number of aliphatic carboxylic acids is 1. The normalized spacial score (nSPS) is 13.0. The van der Waals surface area contributed by atoms with Crippen molar-refractivity contribution in [2.75, 3.05) is 47.5 Å². The average molecular weight is 892 g/mol. The van der Waals surface area contributed by atoms with Crippen LogP contribution < -0.4 is 5.11 Å². The SMILES string of the molecule is CCCCCC/C=C\CCCCCCCC(=O)OCC(COC(OCC[N+](C)(C)C)C(=O)[O-])OC(=O)CCCCCCCCCCCCCCC/C=C\CCCCCCCCCC. The number of carbonyl (C=O) groups excluding carboxylic acids is 3. The van der Waals surface area contributed by atoms with Crippen LogP contribution in [0, 0.1) is 0 Å². The molecule has 9 heteroatoms. The smallest absolute Gasteiger partial charge is 0.306 e. The third kappa shape index (κ3) is 47.5. The lowest BCUT2D eigenvalue weighted by Gasteiger charge is -2.26. The molecule has 2 unspecified atom stereocenters. The Morgan fingerprint density at radius 2 is 0.810 bits per heavy atom. The average Bonchev–Trinajstić information content (AvgIpc) is 3.24. The maximum Gasteiger partial charge on any atom is 0.306 e. The molecule has 0 amide bonds. The second kappa shape index (κ2) is 46.3. The van der Waals surface area contributed by atoms with E-state index < -0.39 is 24.3 Å². The molecule has 0 heterocycles. The van der Waals surface area contributed by atoms with Crippen LogP contribution in [-0.4, -0.2) is 82.3 Å². The molecule has 9 nitrogen and oxygen atoms in total. The van der Waals surface area contributed by atoms with Gasteiger partial charge >= 0.3 is 11.9 Å². The van der Waals surface area contributed by atoms with Crippen LogP contribution in [0.15, 0.2) is 24.3 Å². The topological polar surface area (TPSA) is 111 Å². The van der Waals surface area contributed by atoms with E-state index in [0.717, 1.165) is 51.4 Å². The molecule has 0 aromatic carbocycles. The molecule has 2 atom stereocenters. The monoisotopic (exact) mass is 892 g/mol. The minimum absolute atomic E-state index is 0.148. The minimum Gasteiger partial charge on any atom is -0.545 e. The van der Waals surface area contributed by atoms with Crippen LogP contribution in [0.25, 0.3) is 0 Å². The Kier molecular flexibility index (Phi) is 44.7. The highest BCUT2D eigenvalue weighted by Gasteiger charge is 2.22. The third-order valence-electron chi connectivity index (χ3n) is 11.7. The van der Waals surface area contributed by atoms with Crippen molar-refractivity contribution >= 4 is 17.9 Å². The second-order valence-corrected chi connectivity index (χ2v) is 19.2. The Hall–Kier alpha value is -2.23. The Morgan fingerprint density at radius 1 is 0.460 bits per heavy atom. The first-order valence-electron chi connectivity index (χ1n) is 26.5. The largest absolute Gasteiger partial charge is 0.545 e. The molecule has 0 aliphatic heterocycles. The number of carboxylic acids is 1. The van der Waals surface area contributed by atoms with Crippen LogP contribution in [0.4, 0.5) is 0 Å². The minimum atomic E-state index is -1.62. The molecule has 0 aliphatic rings. The number of hydrogen-bond donors (Lipinski definition) is 0. The molecule has 0 saturated carbocycles. The van der Waals surface area contributed by atoms with E-state index in [0.29, 0.717) is 17.4 Å². The fourth-order valence-corrected chi connectivity index (χ4v) is 7.53. The summed E-state index contributed by atoms with van der Waals surface area (Å²) in [5.41, 5.74) is 0. The van der Waals surface area contributed by atoms with Gasteiger partial charge in [-0.05, 0) is 64.2 Å². The summed E-state index contributed by atoms with van der Waals surface area (Å²) in [4.78, 5) is 37.1. The van der Waals surface area contributed by atoms with E-state index in [1.807, 2.05) is 21.1 Å². The van der Waals surface area contributed by atoms with E-state index in [1.54, 1.807) is 0 Å². The predicted octanol–water partition coefficient (Wildman–Crippen LogP) is 13.5. The molecule has 0 bridgehead atoms. The highest BCUT2D eigenvalue weighted by atomic mass is 16.7. The van der Waals surface area contributed by atoms with E-state index in [4.69, 9.17) is 18.9 Å². The van der Waals surface area contributed by atoms with Gasteiger partial charge < -0.3 is 33.3 Å². The van der Waals surface area contributed by atoms with Gasteiger partial charge in [0, 0.05) is 12.8 Å². The van der Waals surface area contributed by atoms with Gasteiger partial charge in [-0.25, -0.2) is 0 Å². The summed E-state index contributed by atoms with van der Waals surface area (Å²) < 4.78 is 22.6. The zero-order chi connectivity index (χ0) is 46.3. The summed E-state index contributed by atoms with van der Waals surface area (Å²) in [6.07, 6.45) is 49.3. The van der Waals surface area contributed by atoms with E-state index in [1.165, 1.54) is 161 Å². The first-order valence-corrected chi connectivity index (χ1v) is 26.5. The fraction of sp³-hybridized carbons (Fsp3) is 0.870. The maximum atomic E-state index is 12.8. The summed E-state index contributed by atoms with van der Waals surface area (Å²) in [6, 6.07) is 0. The van der Waals surface area contributed by atoms with Gasteiger partial charge in [-0.1, -0.05) is 192 Å². The van der Waals surface area contributed by atoms with E-state index in [9.17, 15) is 19.5 Å². The van der Waals surface area contributed by atoms with Crippen molar-refractivity contribution in [3.05, 3.63) is 24.3 Å². The van der Waals surface area contributed by atoms with Gasteiger partial charge in [0.05, 0.1) is 40.3 Å². The zero-order valence-electron chi connectivity index (χ0n) is 42.0. The maximum absolute atomic E-state index is 12.8. The zero-order valence-corrected chi connectivity index (χ0v) is 42.0. The molecule has 0 aromatic heterocycles. The van der Waals surface area contributed by atoms with Crippen LogP contribution >= 0.6 is 0 Å². The van der Waals surface area contributed by atoms with E-state index in [-0.39, 0.29) is 38.6 Å². The van der Waals surface area contributed by atoms with Gasteiger partial charge in [0.2, 0.25) is 0 Å². The number of carbonyl (C=O) groups is 3. The van der Waals surface area contributed by atoms with Gasteiger partial charge in [0.15, 0.2) is 12.4 Å². The molecule has 0 fully saturated rings. The van der Waals surface area contributed by atoms with Crippen molar-refractivity contribution in [1.29, 1.82) is 0 Å². The van der Waals surface area contributed by atoms with E-state index >= 15 is 0 Å². The fourth-order valence-electron chi connectivity index (χ4n) is 7.53. The number of unbranched alkanes of at least 4 members (excludes halogenated alkanes) is 30. The summed E-state index contributed by atoms with van der Waals surface area (Å²) in [5.74, 6) is -2.28. The number of likely N-dealkylation sites (N-methyl/N-ethyl adjacent to an activating group) is 1. The van der Waals surface area contributed by atoms with Crippen molar-refractivity contribution in [3.63, 3.8) is 0 Å². The molecule has 63 heavy (non-hydrogen) atoms. The molecular formula is C54H101NO8. The van der Waals surface area contributed by atoms with Gasteiger partial charge in [-0.2, -0.15) is 0 Å². The molecule has 0 N–H and O–H groups in total. The Balaban J connectivity index is 4.23. The third-order valence-corrected chi connectivity index (χ3v) is 11.7. The van der Waals surface area contributed by atoms with Gasteiger partial charge in [0.25, 0.3) is 0 Å². The summed E-state index contributed by atoms with van der Waals surface area (Å²) in [6.45, 7) is 4.74. The Bertz CT molecular complexity index is 1090. The molecule has 0 aliphatic carbocycles. The van der Waals surface area contributed by atoms with Gasteiger partial charge in [-0.15, -0.1) is 0 Å². The number of ether oxygens (including phenoxy) is 4. The lowest BCUT2D eigenvalue weighted by atomic mass is 10.0. The predicted molar refractivity (Wildman–Crippen MR) is 260 cm³/mol. The molecule has 0 aromatic rings. The molecule has 0 rings (SSSR count). The number of quaternary nitrogens is 1. The molecule has 370 valence electrons. The summed E-state index contributed by atoms with van der Waals surface area (Å²) in [5, 5.41) is 11.7. The molecular weight excluding hydrogens is 791 g/mol. The van der Waals surface area contributed by atoms with E-state index in [2.05, 4.69) is 38.2 Å². The molecule has 0 saturated heterocycles. The first kappa shape index (κ1) is 60.8. The lowest BCUT2D eigenvalue weighted by Crippen LogP contribution is -2.44. The number of allylic oxidation sites excluding steroid dienone is 4. The Labute approximate surface area is 388 Å². The highest BCUT2D eigenvalue weighted by Crippen LogP contribution is 2.16. The van der Waals surface area contributed by atoms with Crippen LogP contribution in [0.1, 0.15) is 245 Å². The van der Waals surface area contributed by atoms with Crippen molar-refractivity contribution in [2.24, 2.45) is 0 Å². The first-order chi connectivity index (χ1) is 30.6. The lowest BCUT2D eigenvalue weighted by molar-refractivity contribution is -0.870. The second-order valence-electron chi connectivity index (χ2n) is 19.2. The van der Waals surface area contributed by atoms with Crippen molar-refractivity contribution in [1.82, 2.24) is 0 Å². The van der Waals surface area contributed by atoms with Crippen LogP contribution in [0.3, 0.4) is 0 Å². The number of nitrogens with zero attached hydrogens (tertiary/aromatic N) is 1. The van der Waals surface area contributed by atoms with Crippen molar-refractivity contribution < 1.29 is 42.9 Å². The number of hydrogen-bond acceptors (Lipinski definition) is 8. The highest BCUT2D eigenvalue weighted by molar-refractivity contribution is 5.70. The van der Waals surface area contributed by atoms with Crippen LogP contribution in [-0.2, 0) is 33.3 Å². The van der Waals surface area contributed by atoms with Crippen molar-refractivity contribution in [2.45, 2.75) is 257 Å². The quantitative estimate of drug-likeness (QED) is 0.0195. The number of esters is 2. The number of rotatable bonds is 49. The summed E-state index contributed by atoms with van der Waals surface area (Å²) >= 11 is 0. The van der Waals surface area contributed by atoms with Gasteiger partial charge in [0.1, 0.15) is 13.2 Å². The molecule has 0 radical (unpaired) electrons. The van der Waals surface area contributed by atoms with Crippen LogP contribution in [0.2, 0.25) is 0 Å². The van der Waals surface area contributed by atoms with Crippen LogP contribution in [0.5, 0.6) is 0 Å². The summed E-state index contributed by atoms with van der Waals surface area (Å²) in [7, 11) is 5.92. The Morgan fingerprint density at radius 3 is 1.19 bits per heavy atom. The number of carboxylic acid groups (broad SMARTS) is 1. The van der Waals surface area contributed by atoms with Crippen molar-refractivity contribution in [3.8, 4) is 0 Å². The van der Waals surface area contributed by atoms with Gasteiger partial charge in [-0.3, -0.25) is 9.59 Å². The molecule has 0 spiro atoms. The standard InChI is InChI=1S/C54H101NO8/c1-6-8-10-12-14-16-18-20-21-22-23-24-25-26-27-28-29-30-31-33-35-37-39-41-43-45-52(57)63-50(49-62-54(53(58)59)60-47-46-55(3,4)5)48-61-51(56)44-42-40-38-36-34-32-19-17-15-13-11-9-7-2/h17,19,22-23,50,54H,6-16,18,20-21,24-49H2,1-5H3/b19-17-,23-22-.